The maximum absolute atomic E-state index is 2.43. The molecule has 286 valence electrons. The van der Waals surface area contributed by atoms with Crippen LogP contribution in [0.4, 0.5) is 17.1 Å². The van der Waals surface area contributed by atoms with Crippen molar-refractivity contribution in [2.75, 3.05) is 4.90 Å². The Kier molecular flexibility index (Phi) is 8.39. The van der Waals surface area contributed by atoms with Crippen LogP contribution in [0, 0.1) is 0 Å². The van der Waals surface area contributed by atoms with Gasteiger partial charge in [-0.1, -0.05) is 158 Å². The molecule has 0 saturated heterocycles. The van der Waals surface area contributed by atoms with Gasteiger partial charge >= 0.3 is 0 Å². The predicted octanol–water partition coefficient (Wildman–Crippen LogP) is 16.8. The highest BCUT2D eigenvalue weighted by Crippen LogP contribution is 2.44. The third kappa shape index (κ3) is 6.01. The number of thiophene rings is 1. The molecule has 0 unspecified atom stereocenters. The number of fused-ring (bicyclic) bond motifs is 7. The highest BCUT2D eigenvalue weighted by Gasteiger charge is 2.20. The van der Waals surface area contributed by atoms with Crippen LogP contribution in [-0.2, 0) is 0 Å². The Morgan fingerprint density at radius 3 is 1.72 bits per heavy atom. The first-order valence-corrected chi connectivity index (χ1v) is 21.6. The fraction of sp³-hybridized carbons (Fsp3) is 0. The molecule has 0 saturated carbocycles. The van der Waals surface area contributed by atoms with Crippen molar-refractivity contribution < 1.29 is 0 Å². The minimum atomic E-state index is 1.09. The molecule has 0 amide bonds. The zero-order valence-corrected chi connectivity index (χ0v) is 34.1. The van der Waals surface area contributed by atoms with E-state index in [1.165, 1.54) is 80.6 Å². The fourth-order valence-electron chi connectivity index (χ4n) is 9.33. The molecule has 2 heterocycles. The molecular formula is C58H38N2S. The van der Waals surface area contributed by atoms with E-state index in [2.05, 4.69) is 240 Å². The summed E-state index contributed by atoms with van der Waals surface area (Å²) in [4.78, 5) is 2.43. The quantitative estimate of drug-likeness (QED) is 0.156. The van der Waals surface area contributed by atoms with E-state index >= 15 is 0 Å². The summed E-state index contributed by atoms with van der Waals surface area (Å²) in [7, 11) is 0. The van der Waals surface area contributed by atoms with Crippen molar-refractivity contribution in [1.29, 1.82) is 0 Å². The summed E-state index contributed by atoms with van der Waals surface area (Å²) < 4.78 is 5.00. The monoisotopic (exact) mass is 794 g/mol. The fourth-order valence-corrected chi connectivity index (χ4v) is 10.4. The van der Waals surface area contributed by atoms with Gasteiger partial charge in [0.05, 0.1) is 16.7 Å². The molecule has 0 fully saturated rings. The van der Waals surface area contributed by atoms with E-state index in [0.717, 1.165) is 28.3 Å². The number of rotatable bonds is 7. The summed E-state index contributed by atoms with van der Waals surface area (Å²) >= 11 is 1.86. The molecule has 0 radical (unpaired) electrons. The van der Waals surface area contributed by atoms with E-state index in [4.69, 9.17) is 0 Å². The number of benzene rings is 10. The van der Waals surface area contributed by atoms with Crippen LogP contribution in [0.15, 0.2) is 231 Å². The first kappa shape index (κ1) is 35.2. The second-order valence-electron chi connectivity index (χ2n) is 15.7. The van der Waals surface area contributed by atoms with Crippen molar-refractivity contribution in [3.63, 3.8) is 0 Å². The van der Waals surface area contributed by atoms with Gasteiger partial charge in [0, 0.05) is 53.6 Å². The molecule has 2 aromatic heterocycles. The van der Waals surface area contributed by atoms with E-state index in [0.29, 0.717) is 0 Å². The van der Waals surface area contributed by atoms with E-state index in [-0.39, 0.29) is 0 Å². The van der Waals surface area contributed by atoms with Gasteiger partial charge in [-0.25, -0.2) is 0 Å². The third-order valence-electron chi connectivity index (χ3n) is 12.2. The normalized spacial score (nSPS) is 11.6. The standard InChI is InChI=1S/C58H38N2S/c1-2-17-47-40(13-1)14-12-22-48(47)41-29-27-39(28-30-41)42-15-11-16-46(37-42)59(44-32-34-45(35-33-44)60-55-24-8-4-19-50(55)51-20-5-9-25-56(51)60)54-23-7-3-18-49(54)43-31-36-58-53(38-43)52-21-6-10-26-57(52)61-58/h1-38H. The highest BCUT2D eigenvalue weighted by atomic mass is 32.1. The number of anilines is 3. The molecule has 2 nitrogen and oxygen atoms in total. The number of nitrogens with zero attached hydrogens (tertiary/aromatic N) is 2. The van der Waals surface area contributed by atoms with Gasteiger partial charge in [-0.2, -0.15) is 0 Å². The Bertz CT molecular complexity index is 3530. The van der Waals surface area contributed by atoms with Crippen LogP contribution in [-0.4, -0.2) is 4.57 Å². The van der Waals surface area contributed by atoms with Crippen molar-refractivity contribution in [1.82, 2.24) is 4.57 Å². The zero-order valence-electron chi connectivity index (χ0n) is 33.2. The lowest BCUT2D eigenvalue weighted by Crippen LogP contribution is -2.11. The Balaban J connectivity index is 0.997. The molecule has 0 spiro atoms. The Labute approximate surface area is 358 Å². The molecule has 12 rings (SSSR count). The number of hydrogen-bond donors (Lipinski definition) is 0. The molecular weight excluding hydrogens is 757 g/mol. The largest absolute Gasteiger partial charge is 0.310 e. The molecule has 0 aliphatic carbocycles. The highest BCUT2D eigenvalue weighted by molar-refractivity contribution is 7.25. The van der Waals surface area contributed by atoms with Crippen LogP contribution in [0.3, 0.4) is 0 Å². The molecule has 0 aliphatic heterocycles. The van der Waals surface area contributed by atoms with Gasteiger partial charge < -0.3 is 9.47 Å². The smallest absolute Gasteiger partial charge is 0.0541 e. The van der Waals surface area contributed by atoms with Crippen LogP contribution in [0.1, 0.15) is 0 Å². The van der Waals surface area contributed by atoms with Gasteiger partial charge in [-0.05, 0) is 111 Å². The second kappa shape index (κ2) is 14.5. The van der Waals surface area contributed by atoms with Crippen LogP contribution >= 0.6 is 11.3 Å². The Morgan fingerprint density at radius 2 is 0.918 bits per heavy atom. The van der Waals surface area contributed by atoms with Crippen molar-refractivity contribution in [2.24, 2.45) is 0 Å². The molecule has 10 aromatic carbocycles. The molecule has 12 aromatic rings. The lowest BCUT2D eigenvalue weighted by Gasteiger charge is -2.28. The van der Waals surface area contributed by atoms with Gasteiger partial charge in [0.1, 0.15) is 0 Å². The molecule has 0 aliphatic rings. The van der Waals surface area contributed by atoms with Crippen LogP contribution < -0.4 is 4.90 Å². The van der Waals surface area contributed by atoms with Crippen LogP contribution in [0.25, 0.3) is 91.8 Å². The van der Waals surface area contributed by atoms with Gasteiger partial charge in [0.15, 0.2) is 0 Å². The van der Waals surface area contributed by atoms with Gasteiger partial charge in [0.25, 0.3) is 0 Å². The zero-order chi connectivity index (χ0) is 40.3. The summed E-state index contributed by atoms with van der Waals surface area (Å²) in [5, 5.41) is 7.64. The number of para-hydroxylation sites is 3. The topological polar surface area (TPSA) is 8.17 Å². The van der Waals surface area contributed by atoms with E-state index in [1.807, 2.05) is 11.3 Å². The Morgan fingerprint density at radius 1 is 0.328 bits per heavy atom. The van der Waals surface area contributed by atoms with Crippen molar-refractivity contribution in [2.45, 2.75) is 0 Å². The summed E-state index contributed by atoms with van der Waals surface area (Å²) in [6.45, 7) is 0. The molecule has 0 bridgehead atoms. The van der Waals surface area contributed by atoms with Crippen molar-refractivity contribution >= 4 is 81.1 Å². The molecule has 3 heteroatoms. The SMILES string of the molecule is c1cc(-c2ccc(-c3cccc4ccccc34)cc2)cc(N(c2ccc(-n3c4ccccc4c4ccccc43)cc2)c2ccccc2-c2ccc3sc4ccccc4c3c2)c1. The summed E-state index contributed by atoms with van der Waals surface area (Å²) in [6, 6.07) is 84.2. The molecule has 61 heavy (non-hydrogen) atoms. The minimum absolute atomic E-state index is 1.09. The molecule has 0 atom stereocenters. The van der Waals surface area contributed by atoms with E-state index in [9.17, 15) is 0 Å². The average molecular weight is 795 g/mol. The van der Waals surface area contributed by atoms with Crippen molar-refractivity contribution in [3.05, 3.63) is 231 Å². The van der Waals surface area contributed by atoms with Gasteiger partial charge in [-0.3, -0.25) is 0 Å². The average Bonchev–Trinajstić information content (AvgIpc) is 3.88. The summed E-state index contributed by atoms with van der Waals surface area (Å²) in [5.41, 5.74) is 14.0. The first-order chi connectivity index (χ1) is 30.2. The van der Waals surface area contributed by atoms with Crippen LogP contribution in [0.5, 0.6) is 0 Å². The Hall–Kier alpha value is -7.72. The van der Waals surface area contributed by atoms with Gasteiger partial charge in [-0.15, -0.1) is 11.3 Å². The lowest BCUT2D eigenvalue weighted by atomic mass is 9.96. The number of aromatic nitrogens is 1. The maximum atomic E-state index is 2.43. The van der Waals surface area contributed by atoms with Crippen molar-refractivity contribution in [3.8, 4) is 39.1 Å². The summed E-state index contributed by atoms with van der Waals surface area (Å²) in [6.07, 6.45) is 0. The predicted molar refractivity (Wildman–Crippen MR) is 262 cm³/mol. The lowest BCUT2D eigenvalue weighted by molar-refractivity contribution is 1.17. The van der Waals surface area contributed by atoms with Crippen LogP contribution in [0.2, 0.25) is 0 Å². The van der Waals surface area contributed by atoms with Gasteiger partial charge in [0.2, 0.25) is 0 Å². The summed E-state index contributed by atoms with van der Waals surface area (Å²) in [5.74, 6) is 0. The second-order valence-corrected chi connectivity index (χ2v) is 16.8. The maximum Gasteiger partial charge on any atom is 0.0541 e. The minimum Gasteiger partial charge on any atom is -0.310 e. The first-order valence-electron chi connectivity index (χ1n) is 20.8. The van der Waals surface area contributed by atoms with E-state index < -0.39 is 0 Å². The van der Waals surface area contributed by atoms with E-state index in [1.54, 1.807) is 0 Å². The third-order valence-corrected chi connectivity index (χ3v) is 13.4. The molecule has 0 N–H and O–H groups in total. The number of hydrogen-bond acceptors (Lipinski definition) is 2.